The summed E-state index contributed by atoms with van der Waals surface area (Å²) in [5, 5.41) is 8.54. The molecule has 0 bridgehead atoms. The van der Waals surface area contributed by atoms with Crippen LogP contribution in [0.4, 0.5) is 11.8 Å². The maximum Gasteiger partial charge on any atom is 0.240 e. The lowest BCUT2D eigenvalue weighted by Gasteiger charge is -2.28. The average Bonchev–Trinajstić information content (AvgIpc) is 2.96. The van der Waals surface area contributed by atoms with E-state index in [1.54, 1.807) is 12.1 Å². The first-order valence-electron chi connectivity index (χ1n) is 13.8. The van der Waals surface area contributed by atoms with Gasteiger partial charge in [-0.2, -0.15) is 4.98 Å². The van der Waals surface area contributed by atoms with Crippen LogP contribution in [0.1, 0.15) is 25.7 Å². The summed E-state index contributed by atoms with van der Waals surface area (Å²) in [6, 6.07) is 14.3. The maximum absolute atomic E-state index is 12.6. The number of fused-ring (bicyclic) bond motifs is 1. The molecule has 9 nitrogen and oxygen atoms in total. The van der Waals surface area contributed by atoms with Gasteiger partial charge in [0.15, 0.2) is 0 Å². The standard InChI is InChI=1S/C28H37ClN6O3S/c29-23-9-11-24(12-10-23)39(36,37)32-20-22-7-5-21(6-8-22)19-31-28-33-26-4-2-1-3-25(26)27(34-28)30-13-14-35-15-17-38-18-16-35/h1-4,9-12,21-22,32H,5-8,13-20H2,(H2,30,31,33,34)/t21-,22-. The van der Waals surface area contributed by atoms with E-state index in [1.807, 2.05) is 18.2 Å². The normalized spacial score (nSPS) is 20.6. The fourth-order valence-corrected chi connectivity index (χ4v) is 6.49. The van der Waals surface area contributed by atoms with Crippen LogP contribution in [0.2, 0.25) is 5.02 Å². The van der Waals surface area contributed by atoms with Crippen LogP contribution in [0.5, 0.6) is 0 Å². The molecule has 39 heavy (non-hydrogen) atoms. The molecule has 3 N–H and O–H groups in total. The molecule has 2 aromatic carbocycles. The predicted octanol–water partition coefficient (Wildman–Crippen LogP) is 4.22. The Morgan fingerprint density at radius 3 is 2.33 bits per heavy atom. The van der Waals surface area contributed by atoms with Crippen LogP contribution in [0.25, 0.3) is 10.9 Å². The second-order valence-corrected chi connectivity index (χ2v) is 12.6. The summed E-state index contributed by atoms with van der Waals surface area (Å²) in [6.07, 6.45) is 4.06. The summed E-state index contributed by atoms with van der Waals surface area (Å²) < 4.78 is 33.4. The lowest BCUT2D eigenvalue weighted by Crippen LogP contribution is -2.39. The number of benzene rings is 2. The Bertz CT molecular complexity index is 1330. The summed E-state index contributed by atoms with van der Waals surface area (Å²) in [5.74, 6) is 2.33. The highest BCUT2D eigenvalue weighted by Crippen LogP contribution is 2.29. The van der Waals surface area contributed by atoms with Crippen molar-refractivity contribution in [2.75, 3.05) is 63.1 Å². The van der Waals surface area contributed by atoms with E-state index in [4.69, 9.17) is 26.3 Å². The maximum atomic E-state index is 12.6. The van der Waals surface area contributed by atoms with Crippen molar-refractivity contribution in [2.45, 2.75) is 30.6 Å². The Morgan fingerprint density at radius 2 is 1.59 bits per heavy atom. The third-order valence-corrected chi connectivity index (χ3v) is 9.32. The lowest BCUT2D eigenvalue weighted by molar-refractivity contribution is 0.0398. The second kappa shape index (κ2) is 13.2. The lowest BCUT2D eigenvalue weighted by atomic mass is 9.82. The van der Waals surface area contributed by atoms with Crippen LogP contribution in [-0.4, -0.2) is 75.8 Å². The van der Waals surface area contributed by atoms with Gasteiger partial charge < -0.3 is 15.4 Å². The zero-order valence-electron chi connectivity index (χ0n) is 22.1. The van der Waals surface area contributed by atoms with Crippen molar-refractivity contribution in [3.63, 3.8) is 0 Å². The molecule has 0 atom stereocenters. The van der Waals surface area contributed by atoms with Gasteiger partial charge in [0, 0.05) is 49.7 Å². The molecule has 2 aliphatic rings. The van der Waals surface area contributed by atoms with Gasteiger partial charge in [-0.1, -0.05) is 23.7 Å². The van der Waals surface area contributed by atoms with Gasteiger partial charge in [0.25, 0.3) is 0 Å². The van der Waals surface area contributed by atoms with Crippen molar-refractivity contribution in [2.24, 2.45) is 11.8 Å². The van der Waals surface area contributed by atoms with Crippen LogP contribution >= 0.6 is 11.6 Å². The molecule has 0 spiro atoms. The quantitative estimate of drug-likeness (QED) is 0.313. The first kappa shape index (κ1) is 28.0. The molecule has 2 fully saturated rings. The fourth-order valence-electron chi connectivity index (χ4n) is 5.25. The van der Waals surface area contributed by atoms with Crippen LogP contribution in [0, 0.1) is 11.8 Å². The average molecular weight is 573 g/mol. The molecule has 1 aliphatic heterocycles. The van der Waals surface area contributed by atoms with E-state index in [9.17, 15) is 8.42 Å². The molecule has 1 aliphatic carbocycles. The molecule has 0 unspecified atom stereocenters. The minimum Gasteiger partial charge on any atom is -0.379 e. The molecule has 0 amide bonds. The van der Waals surface area contributed by atoms with Gasteiger partial charge in [-0.05, 0) is 73.9 Å². The first-order chi connectivity index (χ1) is 19.0. The van der Waals surface area contributed by atoms with E-state index in [1.165, 1.54) is 12.1 Å². The Balaban J connectivity index is 1.10. The van der Waals surface area contributed by atoms with Crippen molar-refractivity contribution in [3.8, 4) is 0 Å². The summed E-state index contributed by atoms with van der Waals surface area (Å²) in [6.45, 7) is 6.55. The molecule has 5 rings (SSSR count). The van der Waals surface area contributed by atoms with Gasteiger partial charge >= 0.3 is 0 Å². The number of aromatic nitrogens is 2. The topological polar surface area (TPSA) is 108 Å². The minimum absolute atomic E-state index is 0.245. The molecule has 1 saturated heterocycles. The summed E-state index contributed by atoms with van der Waals surface area (Å²) in [7, 11) is -3.52. The number of hydrogen-bond acceptors (Lipinski definition) is 8. The van der Waals surface area contributed by atoms with Crippen molar-refractivity contribution < 1.29 is 13.2 Å². The zero-order chi connectivity index (χ0) is 27.1. The van der Waals surface area contributed by atoms with Crippen LogP contribution in [-0.2, 0) is 14.8 Å². The fraction of sp³-hybridized carbons (Fsp3) is 0.500. The van der Waals surface area contributed by atoms with E-state index in [0.717, 1.165) is 88.3 Å². The van der Waals surface area contributed by atoms with Gasteiger partial charge in [-0.15, -0.1) is 0 Å². The van der Waals surface area contributed by atoms with Crippen molar-refractivity contribution in [1.29, 1.82) is 0 Å². The molecular formula is C28H37ClN6O3S. The number of ether oxygens (including phenoxy) is 1. The van der Waals surface area contributed by atoms with Gasteiger partial charge in [0.2, 0.25) is 16.0 Å². The van der Waals surface area contributed by atoms with Crippen molar-refractivity contribution in [3.05, 3.63) is 53.6 Å². The van der Waals surface area contributed by atoms with Gasteiger partial charge in [-0.3, -0.25) is 4.90 Å². The number of nitrogens with one attached hydrogen (secondary N) is 3. The van der Waals surface area contributed by atoms with Crippen molar-refractivity contribution >= 4 is 44.3 Å². The van der Waals surface area contributed by atoms with E-state index in [-0.39, 0.29) is 4.90 Å². The van der Waals surface area contributed by atoms with Crippen LogP contribution < -0.4 is 15.4 Å². The number of hydrogen-bond donors (Lipinski definition) is 3. The van der Waals surface area contributed by atoms with Gasteiger partial charge in [0.1, 0.15) is 5.82 Å². The molecule has 210 valence electrons. The number of rotatable bonds is 11. The Morgan fingerprint density at radius 1 is 0.897 bits per heavy atom. The summed E-state index contributed by atoms with van der Waals surface area (Å²) in [5.41, 5.74) is 0.917. The zero-order valence-corrected chi connectivity index (χ0v) is 23.7. The number of anilines is 2. The number of nitrogens with zero attached hydrogens (tertiary/aromatic N) is 3. The predicted molar refractivity (Wildman–Crippen MR) is 156 cm³/mol. The smallest absolute Gasteiger partial charge is 0.240 e. The van der Waals surface area contributed by atoms with Crippen LogP contribution in [0.3, 0.4) is 0 Å². The first-order valence-corrected chi connectivity index (χ1v) is 15.6. The molecule has 1 aromatic heterocycles. The molecule has 1 saturated carbocycles. The molecule has 2 heterocycles. The summed E-state index contributed by atoms with van der Waals surface area (Å²) in [4.78, 5) is 12.2. The number of para-hydroxylation sites is 1. The van der Waals surface area contributed by atoms with Gasteiger partial charge in [0.05, 0.1) is 23.6 Å². The van der Waals surface area contributed by atoms with E-state index < -0.39 is 10.0 Å². The largest absolute Gasteiger partial charge is 0.379 e. The number of sulfonamides is 1. The highest BCUT2D eigenvalue weighted by atomic mass is 35.5. The highest BCUT2D eigenvalue weighted by molar-refractivity contribution is 7.89. The van der Waals surface area contributed by atoms with Crippen molar-refractivity contribution in [1.82, 2.24) is 19.6 Å². The Kier molecular flexibility index (Phi) is 9.52. The third kappa shape index (κ3) is 7.79. The Labute approximate surface area is 235 Å². The number of morpholine rings is 1. The van der Waals surface area contributed by atoms with E-state index in [0.29, 0.717) is 29.4 Å². The monoisotopic (exact) mass is 572 g/mol. The minimum atomic E-state index is -3.52. The van der Waals surface area contributed by atoms with Gasteiger partial charge in [-0.25, -0.2) is 18.1 Å². The highest BCUT2D eigenvalue weighted by Gasteiger charge is 2.23. The Hall–Kier alpha value is -2.50. The number of halogens is 1. The summed E-state index contributed by atoms with van der Waals surface area (Å²) >= 11 is 5.88. The molecule has 3 aromatic rings. The molecule has 0 radical (unpaired) electrons. The molecular weight excluding hydrogens is 536 g/mol. The van der Waals surface area contributed by atoms with Crippen LogP contribution in [0.15, 0.2) is 53.4 Å². The third-order valence-electron chi connectivity index (χ3n) is 7.63. The molecule has 11 heteroatoms. The second-order valence-electron chi connectivity index (χ2n) is 10.4. The SMILES string of the molecule is O=S(=O)(NC[C@H]1CC[C@H](CNc2nc(NCCN3CCOCC3)c3ccccc3n2)CC1)c1ccc(Cl)cc1. The van der Waals surface area contributed by atoms with E-state index >= 15 is 0 Å². The van der Waals surface area contributed by atoms with E-state index in [2.05, 4.69) is 26.3 Å².